The molecule has 0 amide bonds. The van der Waals surface area contributed by atoms with Gasteiger partial charge >= 0.3 is 41.8 Å². The molecule has 0 aliphatic carbocycles. The van der Waals surface area contributed by atoms with Gasteiger partial charge in [0.2, 0.25) is 0 Å². The maximum absolute atomic E-state index is 13.7. The number of hydrogen-bond acceptors (Lipinski definition) is 5. The maximum Gasteiger partial charge on any atom is 0.460 e. The predicted octanol–water partition coefficient (Wildman–Crippen LogP) is 12.1. The van der Waals surface area contributed by atoms with Gasteiger partial charge in [-0.1, -0.05) is 74.7 Å². The normalized spacial score (nSPS) is 13.3. The van der Waals surface area contributed by atoms with E-state index < -0.39 is 42.4 Å². The monoisotopic (exact) mass is 798 g/mol. The number of alkyl halides is 11. The third kappa shape index (κ3) is 11.1. The minimum absolute atomic E-state index is 0.144. The summed E-state index contributed by atoms with van der Waals surface area (Å²) in [6, 6.07) is 22.1. The van der Waals surface area contributed by atoms with Gasteiger partial charge in [-0.05, 0) is 92.0 Å². The van der Waals surface area contributed by atoms with Crippen molar-refractivity contribution >= 4 is 11.9 Å². The molecule has 304 valence electrons. The molecular weight excluding hydrogens is 757 g/mol. The number of rotatable bonds is 21. The van der Waals surface area contributed by atoms with Gasteiger partial charge in [0.15, 0.2) is 0 Å². The van der Waals surface area contributed by atoms with E-state index in [-0.39, 0.29) is 31.5 Å². The first kappa shape index (κ1) is 45.0. The molecule has 0 fully saturated rings. The fourth-order valence-corrected chi connectivity index (χ4v) is 5.27. The first-order valence-corrected chi connectivity index (χ1v) is 17.6. The molecule has 1 atom stereocenters. The molecule has 5 nitrogen and oxygen atoms in total. The van der Waals surface area contributed by atoms with Crippen LogP contribution in [0.5, 0.6) is 5.75 Å². The number of unbranched alkanes of at least 4 members (excludes halogenated alkanes) is 6. The quantitative estimate of drug-likeness (QED) is 0.0610. The lowest BCUT2D eigenvalue weighted by Gasteiger charge is -2.36. The van der Waals surface area contributed by atoms with Gasteiger partial charge in [-0.2, -0.15) is 48.3 Å². The van der Waals surface area contributed by atoms with Crippen molar-refractivity contribution in [2.75, 3.05) is 13.2 Å². The summed E-state index contributed by atoms with van der Waals surface area (Å²) in [6.45, 7) is 3.21. The van der Waals surface area contributed by atoms with Crippen LogP contribution in [0.4, 0.5) is 48.3 Å². The van der Waals surface area contributed by atoms with E-state index in [0.717, 1.165) is 54.4 Å². The van der Waals surface area contributed by atoms with Gasteiger partial charge in [-0.15, -0.1) is 0 Å². The van der Waals surface area contributed by atoms with Gasteiger partial charge in [0.25, 0.3) is 0 Å². The van der Waals surface area contributed by atoms with E-state index in [1.54, 1.807) is 24.3 Å². The zero-order valence-electron chi connectivity index (χ0n) is 30.0. The van der Waals surface area contributed by atoms with E-state index >= 15 is 0 Å². The lowest BCUT2D eigenvalue weighted by Crippen LogP contribution is -2.68. The van der Waals surface area contributed by atoms with Crippen LogP contribution in [-0.4, -0.2) is 61.1 Å². The molecule has 3 rings (SSSR count). The van der Waals surface area contributed by atoms with Crippen LogP contribution < -0.4 is 4.74 Å². The SMILES string of the molecule is CCCCCC[C@H](C)OC(=O)c1ccc(-c2ccc(-c3ccc(OCCCCCCOC(=O)C(F)(F)C(F)(F)C(F)(F)C(F)(F)C(F)(F)F)cc3)cc2)cc1. The Bertz CT molecular complexity index is 1660. The lowest BCUT2D eigenvalue weighted by atomic mass is 9.98. The van der Waals surface area contributed by atoms with E-state index in [1.165, 1.54) is 0 Å². The average molecular weight is 799 g/mol. The summed E-state index contributed by atoms with van der Waals surface area (Å²) in [6.07, 6.45) is -1.56. The molecule has 0 saturated carbocycles. The second kappa shape index (κ2) is 19.0. The van der Waals surface area contributed by atoms with Gasteiger partial charge in [0.1, 0.15) is 5.75 Å². The highest BCUT2D eigenvalue weighted by molar-refractivity contribution is 5.90. The van der Waals surface area contributed by atoms with E-state index in [2.05, 4.69) is 11.7 Å². The van der Waals surface area contributed by atoms with Crippen LogP contribution in [0.25, 0.3) is 22.3 Å². The van der Waals surface area contributed by atoms with Crippen molar-refractivity contribution in [1.82, 2.24) is 0 Å². The molecule has 0 aromatic heterocycles. The number of halogens is 11. The van der Waals surface area contributed by atoms with Crippen LogP contribution >= 0.6 is 0 Å². The number of carbonyl (C=O) groups is 2. The molecule has 55 heavy (non-hydrogen) atoms. The van der Waals surface area contributed by atoms with Crippen LogP contribution in [0.3, 0.4) is 0 Å². The van der Waals surface area contributed by atoms with Crippen LogP contribution in [0.1, 0.15) is 82.0 Å². The Morgan fingerprint density at radius 3 is 1.51 bits per heavy atom. The van der Waals surface area contributed by atoms with E-state index in [4.69, 9.17) is 9.47 Å². The van der Waals surface area contributed by atoms with Crippen LogP contribution in [0.2, 0.25) is 0 Å². The standard InChI is InChI=1S/C39H41F11O5/c1-3-4-5-8-11-26(2)55-33(51)31-18-16-29(17-19-31)27-12-14-28(15-13-27)30-20-22-32(23-21-30)53-24-9-6-7-10-25-54-34(52)35(40,41)36(42,43)37(44,45)38(46,47)39(48,49)50/h12-23,26H,3-11,24-25H2,1-2H3/t26-/m0/s1. The summed E-state index contributed by atoms with van der Waals surface area (Å²) >= 11 is 0. The number of carbonyl (C=O) groups excluding carboxylic acids is 2. The van der Waals surface area contributed by atoms with Gasteiger partial charge in [0.05, 0.1) is 24.9 Å². The average Bonchev–Trinajstić information content (AvgIpc) is 3.14. The first-order valence-electron chi connectivity index (χ1n) is 17.6. The maximum atomic E-state index is 13.7. The zero-order valence-corrected chi connectivity index (χ0v) is 30.0. The Morgan fingerprint density at radius 2 is 1.02 bits per heavy atom. The fourth-order valence-electron chi connectivity index (χ4n) is 5.27. The predicted molar refractivity (Wildman–Crippen MR) is 182 cm³/mol. The highest BCUT2D eigenvalue weighted by Crippen LogP contribution is 2.57. The number of ether oxygens (including phenoxy) is 3. The lowest BCUT2D eigenvalue weighted by molar-refractivity contribution is -0.418. The van der Waals surface area contributed by atoms with Crippen molar-refractivity contribution in [2.24, 2.45) is 0 Å². The summed E-state index contributed by atoms with van der Waals surface area (Å²) in [5.74, 6) is -32.6. The molecule has 0 heterocycles. The van der Waals surface area contributed by atoms with Crippen molar-refractivity contribution in [1.29, 1.82) is 0 Å². The molecule has 0 spiro atoms. The van der Waals surface area contributed by atoms with Crippen molar-refractivity contribution in [2.45, 2.75) is 108 Å². The first-order chi connectivity index (χ1) is 25.7. The third-order valence-corrected chi connectivity index (χ3v) is 8.63. The Labute approximate surface area is 311 Å². The number of esters is 2. The molecule has 0 unspecified atom stereocenters. The zero-order chi connectivity index (χ0) is 41.1. The number of benzene rings is 3. The highest BCUT2D eigenvalue weighted by Gasteiger charge is 2.88. The molecule has 3 aromatic rings. The van der Waals surface area contributed by atoms with E-state index in [1.807, 2.05) is 55.5 Å². The molecule has 0 saturated heterocycles. The molecule has 16 heteroatoms. The topological polar surface area (TPSA) is 61.8 Å². The molecule has 0 aliphatic heterocycles. The molecule has 0 N–H and O–H groups in total. The van der Waals surface area contributed by atoms with Crippen LogP contribution in [0.15, 0.2) is 72.8 Å². The largest absolute Gasteiger partial charge is 0.494 e. The second-order valence-electron chi connectivity index (χ2n) is 12.9. The fraction of sp³-hybridized carbons (Fsp3) is 0.487. The van der Waals surface area contributed by atoms with Gasteiger partial charge in [-0.3, -0.25) is 0 Å². The minimum Gasteiger partial charge on any atom is -0.494 e. The number of hydrogen-bond donors (Lipinski definition) is 0. The third-order valence-electron chi connectivity index (χ3n) is 8.63. The molecule has 0 bridgehead atoms. The van der Waals surface area contributed by atoms with Crippen molar-refractivity contribution in [3.05, 3.63) is 78.4 Å². The van der Waals surface area contributed by atoms with Crippen molar-refractivity contribution in [3.63, 3.8) is 0 Å². The van der Waals surface area contributed by atoms with Gasteiger partial charge < -0.3 is 14.2 Å². The van der Waals surface area contributed by atoms with Crippen LogP contribution in [-0.2, 0) is 14.3 Å². The molecule has 0 aliphatic rings. The summed E-state index contributed by atoms with van der Waals surface area (Å²) in [7, 11) is 0. The minimum atomic E-state index is -7.67. The smallest absolute Gasteiger partial charge is 0.460 e. The van der Waals surface area contributed by atoms with Gasteiger partial charge in [0, 0.05) is 0 Å². The summed E-state index contributed by atoms with van der Waals surface area (Å²) in [5.41, 5.74) is 4.18. The van der Waals surface area contributed by atoms with E-state index in [9.17, 15) is 57.9 Å². The molecule has 3 aromatic carbocycles. The Morgan fingerprint density at radius 1 is 0.564 bits per heavy atom. The summed E-state index contributed by atoms with van der Waals surface area (Å²) < 4.78 is 159. The Kier molecular flexibility index (Phi) is 15.5. The van der Waals surface area contributed by atoms with E-state index in [0.29, 0.717) is 24.2 Å². The van der Waals surface area contributed by atoms with Crippen LogP contribution in [0, 0.1) is 0 Å². The molecular formula is C39H41F11O5. The summed E-state index contributed by atoms with van der Waals surface area (Å²) in [5, 5.41) is 0. The molecule has 0 radical (unpaired) electrons. The Hall–Kier alpha value is -4.37. The van der Waals surface area contributed by atoms with Crippen molar-refractivity contribution < 1.29 is 72.1 Å². The highest BCUT2D eigenvalue weighted by atomic mass is 19.4. The van der Waals surface area contributed by atoms with Gasteiger partial charge in [-0.25, -0.2) is 9.59 Å². The summed E-state index contributed by atoms with van der Waals surface area (Å²) in [4.78, 5) is 23.9. The Balaban J connectivity index is 1.39. The van der Waals surface area contributed by atoms with Crippen molar-refractivity contribution in [3.8, 4) is 28.0 Å². The second-order valence-corrected chi connectivity index (χ2v) is 12.9.